The third-order valence-electron chi connectivity index (χ3n) is 2.98. The monoisotopic (exact) mass is 261 g/mol. The number of aromatic amines is 1. The van der Waals surface area contributed by atoms with E-state index in [-0.39, 0.29) is 24.3 Å². The van der Waals surface area contributed by atoms with Gasteiger partial charge in [0.05, 0.1) is 12.9 Å². The number of nitrogen functional groups attached to an aromatic ring is 1. The van der Waals surface area contributed by atoms with E-state index in [0.29, 0.717) is 17.0 Å². The second-order valence-corrected chi connectivity index (χ2v) is 4.22. The van der Waals surface area contributed by atoms with Gasteiger partial charge in [-0.3, -0.25) is 14.9 Å². The Morgan fingerprint density at radius 2 is 2.21 bits per heavy atom. The van der Waals surface area contributed by atoms with Gasteiger partial charge >= 0.3 is 0 Å². The summed E-state index contributed by atoms with van der Waals surface area (Å²) >= 11 is 0. The number of amides is 2. The number of hydrogen-bond donors (Lipinski definition) is 3. The first-order valence-corrected chi connectivity index (χ1v) is 5.63. The number of rotatable bonds is 1. The first-order chi connectivity index (χ1) is 9.06. The van der Waals surface area contributed by atoms with E-state index in [1.807, 2.05) is 0 Å². The van der Waals surface area contributed by atoms with Crippen molar-refractivity contribution in [2.45, 2.75) is 13.0 Å². The third-order valence-corrected chi connectivity index (χ3v) is 2.98. The molecule has 0 bridgehead atoms. The van der Waals surface area contributed by atoms with E-state index in [1.165, 1.54) is 6.33 Å². The van der Waals surface area contributed by atoms with E-state index in [0.717, 1.165) is 0 Å². The van der Waals surface area contributed by atoms with Crippen LogP contribution in [0.1, 0.15) is 6.92 Å². The number of hydrogen-bond acceptors (Lipinski definition) is 7. The van der Waals surface area contributed by atoms with Crippen LogP contribution < -0.4 is 16.0 Å². The lowest BCUT2D eigenvalue weighted by Gasteiger charge is -2.32. The molecule has 0 aliphatic carbocycles. The molecule has 2 aromatic rings. The summed E-state index contributed by atoms with van der Waals surface area (Å²) in [5.74, 6) is -0.315. The maximum atomic E-state index is 11.7. The Hall–Kier alpha value is -2.71. The molecule has 3 heterocycles. The van der Waals surface area contributed by atoms with E-state index in [2.05, 4.69) is 25.3 Å². The molecule has 1 aliphatic heterocycles. The number of fused-ring (bicyclic) bond motifs is 1. The molecule has 3 rings (SSSR count). The number of carbonyl (C=O) groups is 2. The average molecular weight is 261 g/mol. The molecule has 19 heavy (non-hydrogen) atoms. The highest BCUT2D eigenvalue weighted by Crippen LogP contribution is 2.24. The van der Waals surface area contributed by atoms with E-state index in [1.54, 1.807) is 11.8 Å². The van der Waals surface area contributed by atoms with Gasteiger partial charge in [0.25, 0.3) is 0 Å². The molecule has 9 heteroatoms. The molecule has 0 spiro atoms. The Balaban J connectivity index is 2.14. The minimum atomic E-state index is -0.529. The van der Waals surface area contributed by atoms with E-state index >= 15 is 0 Å². The number of nitrogens with two attached hydrogens (primary N) is 1. The minimum absolute atomic E-state index is 0.0253. The van der Waals surface area contributed by atoms with Gasteiger partial charge in [0.2, 0.25) is 17.8 Å². The van der Waals surface area contributed by atoms with Crippen LogP contribution in [0.3, 0.4) is 0 Å². The quantitative estimate of drug-likeness (QED) is 0.549. The number of anilines is 2. The standard InChI is InChI=1S/C10H11N7O2/c1-4-9(19)14-5(18)2-17(4)8-6-7(13-3-12-6)15-10(11)16-8/h3-4H,2H2,1H3,(H,14,18,19)(H3,11,12,13,15,16). The second kappa shape index (κ2) is 3.90. The van der Waals surface area contributed by atoms with Crippen LogP contribution in [0.5, 0.6) is 0 Å². The maximum absolute atomic E-state index is 11.7. The summed E-state index contributed by atoms with van der Waals surface area (Å²) in [6.45, 7) is 1.71. The molecule has 9 nitrogen and oxygen atoms in total. The van der Waals surface area contributed by atoms with Gasteiger partial charge in [-0.05, 0) is 6.92 Å². The highest BCUT2D eigenvalue weighted by molar-refractivity contribution is 6.05. The molecule has 0 radical (unpaired) electrons. The van der Waals surface area contributed by atoms with Crippen LogP contribution >= 0.6 is 0 Å². The number of imidazole rings is 1. The zero-order valence-corrected chi connectivity index (χ0v) is 10.0. The normalized spacial score (nSPS) is 19.8. The lowest BCUT2D eigenvalue weighted by Crippen LogP contribution is -2.57. The molecule has 0 saturated carbocycles. The first kappa shape index (κ1) is 11.4. The van der Waals surface area contributed by atoms with Crippen molar-refractivity contribution in [3.63, 3.8) is 0 Å². The highest BCUT2D eigenvalue weighted by Gasteiger charge is 2.32. The first-order valence-electron chi connectivity index (χ1n) is 5.63. The van der Waals surface area contributed by atoms with Gasteiger partial charge in [-0.1, -0.05) is 0 Å². The average Bonchev–Trinajstić information content (AvgIpc) is 2.80. The van der Waals surface area contributed by atoms with Crippen LogP contribution in [-0.4, -0.2) is 44.3 Å². The van der Waals surface area contributed by atoms with E-state index in [9.17, 15) is 9.59 Å². The lowest BCUT2D eigenvalue weighted by atomic mass is 10.2. The Kier molecular flexibility index (Phi) is 2.34. The Bertz CT molecular complexity index is 680. The van der Waals surface area contributed by atoms with Crippen molar-refractivity contribution >= 4 is 34.7 Å². The van der Waals surface area contributed by atoms with Gasteiger partial charge in [0, 0.05) is 0 Å². The van der Waals surface area contributed by atoms with Gasteiger partial charge < -0.3 is 15.6 Å². The predicted molar refractivity (Wildman–Crippen MR) is 66.1 cm³/mol. The zero-order valence-electron chi connectivity index (χ0n) is 10.0. The number of imide groups is 1. The number of carbonyl (C=O) groups excluding carboxylic acids is 2. The number of nitrogens with one attached hydrogen (secondary N) is 2. The fourth-order valence-electron chi connectivity index (χ4n) is 2.02. The van der Waals surface area contributed by atoms with Crippen molar-refractivity contribution in [3.05, 3.63) is 6.33 Å². The molecule has 1 atom stereocenters. The van der Waals surface area contributed by atoms with Crippen molar-refractivity contribution in [3.8, 4) is 0 Å². The fraction of sp³-hybridized carbons (Fsp3) is 0.300. The number of H-pyrrole nitrogens is 1. The SMILES string of the molecule is CC1C(=O)NC(=O)CN1c1nc(N)nc2nc[nH]c12. The molecule has 2 amide bonds. The Morgan fingerprint density at radius 3 is 3.00 bits per heavy atom. The van der Waals surface area contributed by atoms with Crippen molar-refractivity contribution in [1.29, 1.82) is 0 Å². The highest BCUT2D eigenvalue weighted by atomic mass is 16.2. The topological polar surface area (TPSA) is 130 Å². The maximum Gasteiger partial charge on any atom is 0.249 e. The molecule has 2 aromatic heterocycles. The summed E-state index contributed by atoms with van der Waals surface area (Å²) in [6, 6.07) is -0.529. The Labute approximate surface area is 107 Å². The van der Waals surface area contributed by atoms with Crippen molar-refractivity contribution in [1.82, 2.24) is 25.3 Å². The molecule has 0 aromatic carbocycles. The van der Waals surface area contributed by atoms with Crippen molar-refractivity contribution in [2.24, 2.45) is 0 Å². The molecule has 1 fully saturated rings. The third kappa shape index (κ3) is 1.75. The summed E-state index contributed by atoms with van der Waals surface area (Å²) in [4.78, 5) is 39.7. The van der Waals surface area contributed by atoms with E-state index in [4.69, 9.17) is 5.73 Å². The minimum Gasteiger partial charge on any atom is -0.368 e. The molecule has 1 aliphatic rings. The lowest BCUT2D eigenvalue weighted by molar-refractivity contribution is -0.132. The van der Waals surface area contributed by atoms with Crippen molar-refractivity contribution < 1.29 is 9.59 Å². The smallest absolute Gasteiger partial charge is 0.249 e. The predicted octanol–water partition coefficient (Wildman–Crippen LogP) is -1.21. The second-order valence-electron chi connectivity index (χ2n) is 4.22. The number of piperazine rings is 1. The van der Waals surface area contributed by atoms with Crippen LogP contribution in [0, 0.1) is 0 Å². The van der Waals surface area contributed by atoms with E-state index < -0.39 is 6.04 Å². The van der Waals surface area contributed by atoms with Crippen LogP contribution in [0.25, 0.3) is 11.2 Å². The van der Waals surface area contributed by atoms with Gasteiger partial charge in [-0.25, -0.2) is 4.98 Å². The largest absolute Gasteiger partial charge is 0.368 e. The van der Waals surface area contributed by atoms with Crippen molar-refractivity contribution in [2.75, 3.05) is 17.2 Å². The summed E-state index contributed by atoms with van der Waals surface area (Å²) < 4.78 is 0. The van der Waals surface area contributed by atoms with Gasteiger partial charge in [-0.15, -0.1) is 0 Å². The zero-order chi connectivity index (χ0) is 13.6. The van der Waals surface area contributed by atoms with Crippen LogP contribution in [-0.2, 0) is 9.59 Å². The summed E-state index contributed by atoms with van der Waals surface area (Å²) in [5.41, 5.74) is 6.56. The molecule has 4 N–H and O–H groups in total. The van der Waals surface area contributed by atoms with Crippen LogP contribution in [0.15, 0.2) is 6.33 Å². The van der Waals surface area contributed by atoms with Crippen LogP contribution in [0.4, 0.5) is 11.8 Å². The molecule has 1 unspecified atom stereocenters. The summed E-state index contributed by atoms with van der Waals surface area (Å²) in [7, 11) is 0. The number of aromatic nitrogens is 4. The molecular weight excluding hydrogens is 250 g/mol. The fourth-order valence-corrected chi connectivity index (χ4v) is 2.02. The molecule has 98 valence electrons. The van der Waals surface area contributed by atoms with Gasteiger partial charge in [0.1, 0.15) is 11.6 Å². The van der Waals surface area contributed by atoms with Gasteiger partial charge in [-0.2, -0.15) is 9.97 Å². The summed E-state index contributed by atoms with van der Waals surface area (Å²) in [5, 5.41) is 2.27. The molecular formula is C10H11N7O2. The summed E-state index contributed by atoms with van der Waals surface area (Å²) in [6.07, 6.45) is 1.46. The van der Waals surface area contributed by atoms with Gasteiger partial charge in [0.15, 0.2) is 11.5 Å². The van der Waals surface area contributed by atoms with Crippen LogP contribution in [0.2, 0.25) is 0 Å². The Morgan fingerprint density at radius 1 is 1.42 bits per heavy atom. The molecule has 1 saturated heterocycles. The number of nitrogens with zero attached hydrogens (tertiary/aromatic N) is 4.